The molecule has 2 rings (SSSR count). The van der Waals surface area contributed by atoms with E-state index < -0.39 is 11.9 Å². The summed E-state index contributed by atoms with van der Waals surface area (Å²) in [4.78, 5) is 29.4. The molecule has 0 bridgehead atoms. The number of carboxylic acids is 1. The van der Waals surface area contributed by atoms with Crippen LogP contribution in [0, 0.1) is 12.8 Å². The lowest BCUT2D eigenvalue weighted by Gasteiger charge is -2.37. The molecule has 1 aromatic rings. The van der Waals surface area contributed by atoms with Crippen LogP contribution in [0.4, 0.5) is 0 Å². The third-order valence-corrected chi connectivity index (χ3v) is 3.95. The fourth-order valence-electron chi connectivity index (χ4n) is 2.70. The maximum absolute atomic E-state index is 12.3. The van der Waals surface area contributed by atoms with E-state index in [-0.39, 0.29) is 18.4 Å². The highest BCUT2D eigenvalue weighted by Crippen LogP contribution is 2.24. The van der Waals surface area contributed by atoms with Gasteiger partial charge in [0.05, 0.1) is 12.3 Å². The van der Waals surface area contributed by atoms with Gasteiger partial charge >= 0.3 is 5.97 Å². The number of amides is 1. The zero-order valence-corrected chi connectivity index (χ0v) is 11.9. The largest absolute Gasteiger partial charge is 0.481 e. The van der Waals surface area contributed by atoms with Crippen LogP contribution in [0.3, 0.4) is 0 Å². The van der Waals surface area contributed by atoms with E-state index in [2.05, 4.69) is 4.98 Å². The Morgan fingerprint density at radius 1 is 1.45 bits per heavy atom. The Morgan fingerprint density at radius 2 is 2.20 bits per heavy atom. The van der Waals surface area contributed by atoms with Crippen molar-refractivity contribution in [2.75, 3.05) is 6.54 Å². The highest BCUT2D eigenvalue weighted by atomic mass is 16.4. The van der Waals surface area contributed by atoms with Crippen LogP contribution in [-0.4, -0.2) is 39.5 Å². The number of piperidine rings is 1. The number of aryl methyl sites for hydroxylation is 1. The summed E-state index contributed by atoms with van der Waals surface area (Å²) in [7, 11) is 0. The first-order valence-corrected chi connectivity index (χ1v) is 6.93. The van der Waals surface area contributed by atoms with Gasteiger partial charge in [0.15, 0.2) is 0 Å². The van der Waals surface area contributed by atoms with Gasteiger partial charge in [-0.2, -0.15) is 0 Å². The number of pyridine rings is 1. The average Bonchev–Trinajstić information content (AvgIpc) is 2.41. The van der Waals surface area contributed by atoms with E-state index in [4.69, 9.17) is 0 Å². The minimum Gasteiger partial charge on any atom is -0.481 e. The molecule has 1 fully saturated rings. The fourth-order valence-corrected chi connectivity index (χ4v) is 2.70. The van der Waals surface area contributed by atoms with Crippen LogP contribution >= 0.6 is 0 Å². The molecular weight excluding hydrogens is 256 g/mol. The zero-order chi connectivity index (χ0) is 14.7. The van der Waals surface area contributed by atoms with Gasteiger partial charge < -0.3 is 10.0 Å². The molecule has 108 valence electrons. The van der Waals surface area contributed by atoms with Gasteiger partial charge in [-0.3, -0.25) is 14.6 Å². The molecule has 1 aliphatic rings. The van der Waals surface area contributed by atoms with Gasteiger partial charge in [0.2, 0.25) is 5.91 Å². The van der Waals surface area contributed by atoms with Crippen LogP contribution in [0.25, 0.3) is 0 Å². The third kappa shape index (κ3) is 3.15. The molecular formula is C15H20N2O3. The van der Waals surface area contributed by atoms with Gasteiger partial charge in [-0.05, 0) is 38.3 Å². The van der Waals surface area contributed by atoms with E-state index in [0.29, 0.717) is 13.0 Å². The molecule has 20 heavy (non-hydrogen) atoms. The predicted octanol–water partition coefficient (Wildman–Crippen LogP) is 1.64. The molecule has 0 saturated carbocycles. The van der Waals surface area contributed by atoms with Gasteiger partial charge in [0.1, 0.15) is 0 Å². The summed E-state index contributed by atoms with van der Waals surface area (Å²) in [6.07, 6.45) is 3.38. The number of hydrogen-bond donors (Lipinski definition) is 1. The van der Waals surface area contributed by atoms with Crippen LogP contribution in [-0.2, 0) is 16.0 Å². The Labute approximate surface area is 118 Å². The predicted molar refractivity (Wildman–Crippen MR) is 74.2 cm³/mol. The van der Waals surface area contributed by atoms with E-state index in [9.17, 15) is 14.7 Å². The topological polar surface area (TPSA) is 70.5 Å². The van der Waals surface area contributed by atoms with Crippen LogP contribution in [0.2, 0.25) is 0 Å². The van der Waals surface area contributed by atoms with Crippen molar-refractivity contribution in [2.24, 2.45) is 5.92 Å². The van der Waals surface area contributed by atoms with Crippen LogP contribution in [0.5, 0.6) is 0 Å². The molecule has 0 unspecified atom stereocenters. The number of carboxylic acid groups (broad SMARTS) is 1. The number of aromatic nitrogens is 1. The summed E-state index contributed by atoms with van der Waals surface area (Å²) in [5.41, 5.74) is 1.78. The van der Waals surface area contributed by atoms with E-state index in [1.807, 2.05) is 26.0 Å². The quantitative estimate of drug-likeness (QED) is 0.911. The summed E-state index contributed by atoms with van der Waals surface area (Å²) < 4.78 is 0. The Hall–Kier alpha value is -1.91. The lowest BCUT2D eigenvalue weighted by atomic mass is 9.90. The van der Waals surface area contributed by atoms with Gasteiger partial charge in [-0.15, -0.1) is 0 Å². The second-order valence-corrected chi connectivity index (χ2v) is 5.40. The third-order valence-electron chi connectivity index (χ3n) is 3.95. The number of aliphatic carboxylic acids is 1. The maximum Gasteiger partial charge on any atom is 0.308 e. The van der Waals surface area contributed by atoms with E-state index in [0.717, 1.165) is 17.7 Å². The summed E-state index contributed by atoms with van der Waals surface area (Å²) in [5.74, 6) is -1.29. The van der Waals surface area contributed by atoms with Crippen molar-refractivity contribution < 1.29 is 14.7 Å². The maximum atomic E-state index is 12.3. The molecule has 0 spiro atoms. The minimum absolute atomic E-state index is 0.0193. The zero-order valence-electron chi connectivity index (χ0n) is 11.9. The van der Waals surface area contributed by atoms with Crippen LogP contribution < -0.4 is 0 Å². The van der Waals surface area contributed by atoms with Crippen molar-refractivity contribution >= 4 is 11.9 Å². The van der Waals surface area contributed by atoms with E-state index in [1.165, 1.54) is 0 Å². The molecule has 0 aliphatic carbocycles. The number of carbonyl (C=O) groups is 2. The fraction of sp³-hybridized carbons (Fsp3) is 0.533. The van der Waals surface area contributed by atoms with Gasteiger partial charge in [0, 0.05) is 24.5 Å². The van der Waals surface area contributed by atoms with Gasteiger partial charge in [-0.25, -0.2) is 0 Å². The van der Waals surface area contributed by atoms with Crippen LogP contribution in [0.1, 0.15) is 31.0 Å². The Morgan fingerprint density at radius 3 is 2.80 bits per heavy atom. The Kier molecular flexibility index (Phi) is 4.37. The molecule has 2 heterocycles. The van der Waals surface area contributed by atoms with Crippen molar-refractivity contribution in [3.63, 3.8) is 0 Å². The van der Waals surface area contributed by atoms with E-state index >= 15 is 0 Å². The minimum atomic E-state index is -0.813. The molecule has 1 aliphatic heterocycles. The molecule has 1 N–H and O–H groups in total. The number of hydrogen-bond acceptors (Lipinski definition) is 3. The van der Waals surface area contributed by atoms with Crippen LogP contribution in [0.15, 0.2) is 18.3 Å². The lowest BCUT2D eigenvalue weighted by molar-refractivity contribution is -0.148. The Balaban J connectivity index is 2.04. The average molecular weight is 276 g/mol. The lowest BCUT2D eigenvalue weighted by Crippen LogP contribution is -2.49. The molecule has 1 saturated heterocycles. The molecule has 0 radical (unpaired) electrons. The highest BCUT2D eigenvalue weighted by molar-refractivity contribution is 5.80. The number of nitrogens with zero attached hydrogens (tertiary/aromatic N) is 2. The first-order valence-electron chi connectivity index (χ1n) is 6.93. The normalized spacial score (nSPS) is 22.6. The molecule has 2 atom stereocenters. The summed E-state index contributed by atoms with van der Waals surface area (Å²) in [6.45, 7) is 4.36. The standard InChI is InChI=1S/C15H20N2O3/c1-10-5-6-12(9-16-10)8-14(18)17-7-3-4-13(11(17)2)15(19)20/h5-6,9,11,13H,3-4,7-8H2,1-2H3,(H,19,20)/t11-,13-/m1/s1. The van der Waals surface area contributed by atoms with Crippen molar-refractivity contribution in [3.05, 3.63) is 29.6 Å². The van der Waals surface area contributed by atoms with Crippen molar-refractivity contribution in [1.29, 1.82) is 0 Å². The molecule has 1 aromatic heterocycles. The number of carbonyl (C=O) groups excluding carboxylic acids is 1. The van der Waals surface area contributed by atoms with E-state index in [1.54, 1.807) is 11.1 Å². The smallest absolute Gasteiger partial charge is 0.308 e. The monoisotopic (exact) mass is 276 g/mol. The summed E-state index contributed by atoms with van der Waals surface area (Å²) in [5, 5.41) is 9.18. The molecule has 0 aromatic carbocycles. The first-order chi connectivity index (χ1) is 9.49. The van der Waals surface area contributed by atoms with Crippen molar-refractivity contribution in [2.45, 2.75) is 39.2 Å². The van der Waals surface area contributed by atoms with Crippen molar-refractivity contribution in [3.8, 4) is 0 Å². The van der Waals surface area contributed by atoms with Gasteiger partial charge in [-0.1, -0.05) is 6.07 Å². The molecule has 5 heteroatoms. The van der Waals surface area contributed by atoms with Crippen molar-refractivity contribution in [1.82, 2.24) is 9.88 Å². The molecule has 1 amide bonds. The summed E-state index contributed by atoms with van der Waals surface area (Å²) in [6, 6.07) is 3.53. The second-order valence-electron chi connectivity index (χ2n) is 5.40. The summed E-state index contributed by atoms with van der Waals surface area (Å²) >= 11 is 0. The SMILES string of the molecule is Cc1ccc(CC(=O)N2CCC[C@@H](C(=O)O)[C@H]2C)cn1. The molecule has 5 nitrogen and oxygen atoms in total. The first kappa shape index (κ1) is 14.5. The number of likely N-dealkylation sites (tertiary alicyclic amines) is 1. The van der Waals surface area contributed by atoms with Gasteiger partial charge in [0.25, 0.3) is 0 Å². The Bertz CT molecular complexity index is 498. The number of rotatable bonds is 3. The highest BCUT2D eigenvalue weighted by Gasteiger charge is 2.35. The second kappa shape index (κ2) is 6.03.